The molecule has 0 aromatic carbocycles. The van der Waals surface area contributed by atoms with Crippen molar-refractivity contribution in [2.45, 2.75) is 37.8 Å². The quantitative estimate of drug-likeness (QED) is 0.296. The summed E-state index contributed by atoms with van der Waals surface area (Å²) in [5.74, 6) is -4.95. The van der Waals surface area contributed by atoms with Gasteiger partial charge in [-0.25, -0.2) is 0 Å². The van der Waals surface area contributed by atoms with E-state index >= 15 is 0 Å². The molecule has 0 saturated carbocycles. The van der Waals surface area contributed by atoms with Crippen molar-refractivity contribution in [3.63, 3.8) is 0 Å². The molecule has 116 valence electrons. The zero-order valence-electron chi connectivity index (χ0n) is 12.5. The van der Waals surface area contributed by atoms with E-state index in [-0.39, 0.29) is 128 Å². The average Bonchev–Trinajstić information content (AvgIpc) is 2.33. The van der Waals surface area contributed by atoms with Crippen LogP contribution in [-0.4, -0.2) is 46.2 Å². The summed E-state index contributed by atoms with van der Waals surface area (Å²) in [5, 5.41) is 35.9. The van der Waals surface area contributed by atoms with Gasteiger partial charge in [-0.1, -0.05) is 0 Å². The van der Waals surface area contributed by atoms with E-state index in [1.807, 2.05) is 0 Å². The molecule has 0 aromatic heterocycles. The van der Waals surface area contributed by atoms with E-state index in [9.17, 15) is 29.4 Å². The molecule has 0 radical (unpaired) electrons. The standard InChI is InChI=1S/2C5H9NO4.2K/c2*6-3(5(9)10)1-2-4(7)8;;/h2*3H,1-2,6H2,(H,7,8)(H,9,10);;/q;;2*+1/p-2/t2*3-;;/m00../s1. The van der Waals surface area contributed by atoms with E-state index in [4.69, 9.17) is 21.7 Å². The van der Waals surface area contributed by atoms with Crippen molar-refractivity contribution in [2.75, 3.05) is 0 Å². The molecule has 0 amide bonds. The third-order valence-electron chi connectivity index (χ3n) is 1.95. The summed E-state index contributed by atoms with van der Waals surface area (Å²) in [6.45, 7) is 0. The molecule has 22 heavy (non-hydrogen) atoms. The molecule has 0 aliphatic carbocycles. The SMILES string of the molecule is N[C@@H](CCC(=O)O)C(=O)O.N[C@@H](CCC(=O)[O-])C(=O)[O-].[K+].[K+]. The van der Waals surface area contributed by atoms with Crippen molar-refractivity contribution in [1.82, 2.24) is 0 Å². The Kier molecular flexibility index (Phi) is 25.9. The second kappa shape index (κ2) is 18.4. The smallest absolute Gasteiger partial charge is 0.550 e. The van der Waals surface area contributed by atoms with E-state index in [0.29, 0.717) is 0 Å². The second-order valence-corrected chi connectivity index (χ2v) is 3.71. The molecular weight excluding hydrogens is 354 g/mol. The van der Waals surface area contributed by atoms with Gasteiger partial charge in [0.05, 0.1) is 5.97 Å². The van der Waals surface area contributed by atoms with E-state index < -0.39 is 36.0 Å². The van der Waals surface area contributed by atoms with Crippen LogP contribution in [0.5, 0.6) is 0 Å². The fourth-order valence-electron chi connectivity index (χ4n) is 0.794. The summed E-state index contributed by atoms with van der Waals surface area (Å²) in [6, 6.07) is -2.27. The summed E-state index contributed by atoms with van der Waals surface area (Å²) in [7, 11) is 0. The predicted octanol–water partition coefficient (Wildman–Crippen LogP) is -10.1. The van der Waals surface area contributed by atoms with E-state index in [1.165, 1.54) is 0 Å². The molecule has 0 unspecified atom stereocenters. The molecular formula is C10H16K2N2O8. The van der Waals surface area contributed by atoms with Crippen LogP contribution in [0, 0.1) is 0 Å². The minimum atomic E-state index is -1.44. The second-order valence-electron chi connectivity index (χ2n) is 3.71. The molecule has 6 N–H and O–H groups in total. The topological polar surface area (TPSA) is 207 Å². The summed E-state index contributed by atoms with van der Waals surface area (Å²) in [5.41, 5.74) is 9.91. The molecule has 0 bridgehead atoms. The van der Waals surface area contributed by atoms with Crippen molar-refractivity contribution < 1.29 is 142 Å². The van der Waals surface area contributed by atoms with Crippen LogP contribution >= 0.6 is 0 Å². The molecule has 0 saturated heterocycles. The van der Waals surface area contributed by atoms with Gasteiger partial charge in [-0.15, -0.1) is 0 Å². The number of nitrogens with two attached hydrogens (primary N) is 2. The van der Waals surface area contributed by atoms with Crippen molar-refractivity contribution in [2.24, 2.45) is 11.5 Å². The van der Waals surface area contributed by atoms with Gasteiger partial charge in [0.2, 0.25) is 0 Å². The van der Waals surface area contributed by atoms with Crippen LogP contribution in [0.4, 0.5) is 0 Å². The Morgan fingerprint density at radius 2 is 1.27 bits per heavy atom. The van der Waals surface area contributed by atoms with Crippen LogP contribution in [0.1, 0.15) is 25.7 Å². The van der Waals surface area contributed by atoms with E-state index in [2.05, 4.69) is 0 Å². The zero-order chi connectivity index (χ0) is 16.3. The molecule has 12 heteroatoms. The molecule has 0 aliphatic rings. The van der Waals surface area contributed by atoms with Crippen LogP contribution in [-0.2, 0) is 19.2 Å². The first-order chi connectivity index (χ1) is 9.07. The van der Waals surface area contributed by atoms with Crippen molar-refractivity contribution in [1.29, 1.82) is 0 Å². The minimum Gasteiger partial charge on any atom is -0.550 e. The first-order valence-electron chi connectivity index (χ1n) is 5.44. The van der Waals surface area contributed by atoms with Gasteiger partial charge < -0.3 is 41.5 Å². The zero-order valence-corrected chi connectivity index (χ0v) is 18.7. The Balaban J connectivity index is -0.000000135. The number of carboxylic acids is 4. The van der Waals surface area contributed by atoms with E-state index in [1.54, 1.807) is 0 Å². The Bertz CT molecular complexity index is 333. The molecule has 0 rings (SSSR count). The molecule has 2 atom stereocenters. The fraction of sp³-hybridized carbons (Fsp3) is 0.600. The molecule has 0 spiro atoms. The molecule has 0 aliphatic heterocycles. The van der Waals surface area contributed by atoms with E-state index in [0.717, 1.165) is 0 Å². The third kappa shape index (κ3) is 23.3. The normalized spacial score (nSPS) is 11.4. The first-order valence-corrected chi connectivity index (χ1v) is 5.44. The maximum absolute atomic E-state index is 9.99. The van der Waals surface area contributed by atoms with Gasteiger partial charge in [0.25, 0.3) is 0 Å². The van der Waals surface area contributed by atoms with Crippen LogP contribution < -0.4 is 124 Å². The molecule has 0 heterocycles. The summed E-state index contributed by atoms with van der Waals surface area (Å²) >= 11 is 0. The van der Waals surface area contributed by atoms with Gasteiger partial charge in [0, 0.05) is 18.4 Å². The molecule has 0 aromatic rings. The maximum Gasteiger partial charge on any atom is 1.00 e. The van der Waals surface area contributed by atoms with Gasteiger partial charge in [0.1, 0.15) is 6.04 Å². The molecule has 0 fully saturated rings. The van der Waals surface area contributed by atoms with Crippen LogP contribution in [0.3, 0.4) is 0 Å². The van der Waals surface area contributed by atoms with Crippen LogP contribution in [0.2, 0.25) is 0 Å². The molecule has 10 nitrogen and oxygen atoms in total. The monoisotopic (exact) mass is 370 g/mol. The number of rotatable bonds is 8. The predicted molar refractivity (Wildman–Crippen MR) is 59.7 cm³/mol. The van der Waals surface area contributed by atoms with Gasteiger partial charge in [-0.2, -0.15) is 0 Å². The van der Waals surface area contributed by atoms with Crippen molar-refractivity contribution in [3.8, 4) is 0 Å². The van der Waals surface area contributed by atoms with Crippen molar-refractivity contribution in [3.05, 3.63) is 0 Å². The number of carboxylic acid groups (broad SMARTS) is 4. The van der Waals surface area contributed by atoms with Crippen LogP contribution in [0.15, 0.2) is 0 Å². The van der Waals surface area contributed by atoms with Gasteiger partial charge in [-0.05, 0) is 19.3 Å². The number of carbonyl (C=O) groups excluding carboxylic acids is 2. The summed E-state index contributed by atoms with van der Waals surface area (Å²) < 4.78 is 0. The largest absolute Gasteiger partial charge is 1.00 e. The number of hydrogen-bond donors (Lipinski definition) is 4. The average molecular weight is 370 g/mol. The number of aliphatic carboxylic acids is 4. The van der Waals surface area contributed by atoms with Gasteiger partial charge in [0.15, 0.2) is 0 Å². The first kappa shape index (κ1) is 30.9. The summed E-state index contributed by atoms with van der Waals surface area (Å²) in [4.78, 5) is 39.5. The van der Waals surface area contributed by atoms with Gasteiger partial charge in [-0.3, -0.25) is 9.59 Å². The van der Waals surface area contributed by atoms with Crippen LogP contribution in [0.25, 0.3) is 0 Å². The minimum absolute atomic E-state index is 0. The Morgan fingerprint density at radius 3 is 1.55 bits per heavy atom. The summed E-state index contributed by atoms with van der Waals surface area (Å²) in [6.07, 6.45) is -0.724. The number of carbonyl (C=O) groups is 4. The Hall–Kier alpha value is 1.07. The maximum atomic E-state index is 9.99. The van der Waals surface area contributed by atoms with Crippen molar-refractivity contribution >= 4 is 23.9 Å². The Morgan fingerprint density at radius 1 is 0.864 bits per heavy atom. The number of hydrogen-bond acceptors (Lipinski definition) is 8. The Labute approximate surface area is 211 Å². The fourth-order valence-corrected chi connectivity index (χ4v) is 0.794. The third-order valence-corrected chi connectivity index (χ3v) is 1.95. The van der Waals surface area contributed by atoms with Gasteiger partial charge >= 0.3 is 115 Å².